The molecule has 110 valence electrons. The standard InChI is InChI=1S/C13H14N4O4/c1-9-6-10(2-3-12(9)17(20)21)14-4-5-16-7-11(13(18)19)15-8-16/h2-3,6-8,14H,4-5H2,1H3,(H,18,19). The molecule has 1 aromatic heterocycles. The monoisotopic (exact) mass is 290 g/mol. The van der Waals surface area contributed by atoms with Crippen LogP contribution in [-0.2, 0) is 6.54 Å². The molecule has 2 N–H and O–H groups in total. The summed E-state index contributed by atoms with van der Waals surface area (Å²) in [5, 5.41) is 22.6. The number of aryl methyl sites for hydroxylation is 1. The zero-order valence-corrected chi connectivity index (χ0v) is 11.3. The fourth-order valence-electron chi connectivity index (χ4n) is 1.89. The lowest BCUT2D eigenvalue weighted by molar-refractivity contribution is -0.385. The molecule has 0 unspecified atom stereocenters. The van der Waals surface area contributed by atoms with E-state index in [4.69, 9.17) is 5.11 Å². The van der Waals surface area contributed by atoms with Gasteiger partial charge in [0.1, 0.15) is 0 Å². The Hall–Kier alpha value is -2.90. The van der Waals surface area contributed by atoms with Crippen LogP contribution in [0.25, 0.3) is 0 Å². The van der Waals surface area contributed by atoms with Crippen LogP contribution in [0.1, 0.15) is 16.1 Å². The first-order valence-corrected chi connectivity index (χ1v) is 6.21. The molecule has 8 nitrogen and oxygen atoms in total. The first-order valence-electron chi connectivity index (χ1n) is 6.21. The minimum absolute atomic E-state index is 0.00109. The fourth-order valence-corrected chi connectivity index (χ4v) is 1.89. The maximum Gasteiger partial charge on any atom is 0.356 e. The van der Waals surface area contributed by atoms with Gasteiger partial charge in [0.05, 0.1) is 11.3 Å². The molecule has 0 amide bonds. The number of nitro benzene ring substituents is 1. The van der Waals surface area contributed by atoms with Crippen molar-refractivity contribution in [3.63, 3.8) is 0 Å². The Morgan fingerprint density at radius 2 is 2.29 bits per heavy atom. The zero-order chi connectivity index (χ0) is 15.4. The molecule has 0 aliphatic heterocycles. The smallest absolute Gasteiger partial charge is 0.356 e. The first-order chi connectivity index (χ1) is 9.97. The number of rotatable bonds is 6. The molecule has 0 bridgehead atoms. The summed E-state index contributed by atoms with van der Waals surface area (Å²) in [6, 6.07) is 4.80. The predicted octanol–water partition coefficient (Wildman–Crippen LogP) is 1.91. The summed E-state index contributed by atoms with van der Waals surface area (Å²) >= 11 is 0. The molecule has 0 saturated carbocycles. The number of nitro groups is 1. The molecular weight excluding hydrogens is 276 g/mol. The zero-order valence-electron chi connectivity index (χ0n) is 11.3. The van der Waals surface area contributed by atoms with Crippen LogP contribution in [0.5, 0.6) is 0 Å². The van der Waals surface area contributed by atoms with Gasteiger partial charge in [0.2, 0.25) is 0 Å². The predicted molar refractivity (Wildman–Crippen MR) is 75.5 cm³/mol. The molecule has 1 heterocycles. The second kappa shape index (κ2) is 6.04. The molecule has 8 heteroatoms. The molecule has 21 heavy (non-hydrogen) atoms. The van der Waals surface area contributed by atoms with Gasteiger partial charge in [-0.15, -0.1) is 0 Å². The third-order valence-electron chi connectivity index (χ3n) is 2.94. The van der Waals surface area contributed by atoms with Crippen LogP contribution < -0.4 is 5.32 Å². The van der Waals surface area contributed by atoms with E-state index in [0.29, 0.717) is 18.7 Å². The normalized spacial score (nSPS) is 10.3. The van der Waals surface area contributed by atoms with E-state index in [1.165, 1.54) is 18.6 Å². The molecule has 2 aromatic rings. The molecule has 0 aliphatic carbocycles. The Balaban J connectivity index is 1.92. The van der Waals surface area contributed by atoms with Crippen molar-refractivity contribution in [1.29, 1.82) is 0 Å². The number of aromatic carboxylic acids is 1. The van der Waals surface area contributed by atoms with Crippen LogP contribution in [0.3, 0.4) is 0 Å². The van der Waals surface area contributed by atoms with Gasteiger partial charge >= 0.3 is 5.97 Å². The summed E-state index contributed by atoms with van der Waals surface area (Å²) in [6.45, 7) is 2.77. The van der Waals surface area contributed by atoms with Crippen molar-refractivity contribution in [1.82, 2.24) is 9.55 Å². The van der Waals surface area contributed by atoms with Crippen LogP contribution >= 0.6 is 0 Å². The lowest BCUT2D eigenvalue weighted by Gasteiger charge is -2.07. The minimum Gasteiger partial charge on any atom is -0.476 e. The third-order valence-corrected chi connectivity index (χ3v) is 2.94. The molecule has 0 aliphatic rings. The maximum atomic E-state index is 10.7. The van der Waals surface area contributed by atoms with Crippen molar-refractivity contribution in [3.8, 4) is 0 Å². The number of nitrogens with zero attached hydrogens (tertiary/aromatic N) is 3. The number of imidazole rings is 1. The highest BCUT2D eigenvalue weighted by Gasteiger charge is 2.10. The number of benzene rings is 1. The number of hydrogen-bond donors (Lipinski definition) is 2. The SMILES string of the molecule is Cc1cc(NCCn2cnc(C(=O)O)c2)ccc1[N+](=O)[O-]. The number of anilines is 1. The number of aromatic nitrogens is 2. The Kier molecular flexibility index (Phi) is 4.17. The molecule has 0 radical (unpaired) electrons. The summed E-state index contributed by atoms with van der Waals surface area (Å²) < 4.78 is 1.66. The van der Waals surface area contributed by atoms with Gasteiger partial charge in [-0.1, -0.05) is 0 Å². The van der Waals surface area contributed by atoms with E-state index in [-0.39, 0.29) is 11.4 Å². The lowest BCUT2D eigenvalue weighted by Crippen LogP contribution is -2.09. The topological polar surface area (TPSA) is 110 Å². The quantitative estimate of drug-likeness (QED) is 0.621. The van der Waals surface area contributed by atoms with E-state index in [0.717, 1.165) is 5.69 Å². The van der Waals surface area contributed by atoms with Gasteiger partial charge < -0.3 is 15.0 Å². The number of carbonyl (C=O) groups is 1. The summed E-state index contributed by atoms with van der Waals surface area (Å²) in [4.78, 5) is 24.7. The largest absolute Gasteiger partial charge is 0.476 e. The average Bonchev–Trinajstić information content (AvgIpc) is 2.87. The van der Waals surface area contributed by atoms with E-state index < -0.39 is 10.9 Å². The summed E-state index contributed by atoms with van der Waals surface area (Å²) in [5.74, 6) is -1.06. The van der Waals surface area contributed by atoms with Gasteiger partial charge in [0.15, 0.2) is 5.69 Å². The average molecular weight is 290 g/mol. The van der Waals surface area contributed by atoms with Crippen LogP contribution in [0, 0.1) is 17.0 Å². The Labute approximate surface area is 120 Å². The van der Waals surface area contributed by atoms with Gasteiger partial charge in [0, 0.05) is 36.6 Å². The van der Waals surface area contributed by atoms with E-state index in [9.17, 15) is 14.9 Å². The van der Waals surface area contributed by atoms with E-state index >= 15 is 0 Å². The highest BCUT2D eigenvalue weighted by Crippen LogP contribution is 2.21. The molecule has 1 aromatic carbocycles. The molecule has 0 spiro atoms. The van der Waals surface area contributed by atoms with Crippen LogP contribution in [0.2, 0.25) is 0 Å². The van der Waals surface area contributed by atoms with E-state index in [1.807, 2.05) is 0 Å². The number of hydrogen-bond acceptors (Lipinski definition) is 5. The Morgan fingerprint density at radius 3 is 2.86 bits per heavy atom. The maximum absolute atomic E-state index is 10.7. The highest BCUT2D eigenvalue weighted by atomic mass is 16.6. The Morgan fingerprint density at radius 1 is 1.52 bits per heavy atom. The second-order valence-corrected chi connectivity index (χ2v) is 4.49. The molecular formula is C13H14N4O4. The summed E-state index contributed by atoms with van der Waals surface area (Å²) in [6.07, 6.45) is 2.90. The second-order valence-electron chi connectivity index (χ2n) is 4.49. The van der Waals surface area contributed by atoms with Crippen LogP contribution in [0.15, 0.2) is 30.7 Å². The lowest BCUT2D eigenvalue weighted by atomic mass is 10.2. The first kappa shape index (κ1) is 14.5. The number of nitrogens with one attached hydrogen (secondary N) is 1. The van der Waals surface area contributed by atoms with Crippen molar-refractivity contribution in [2.24, 2.45) is 0 Å². The van der Waals surface area contributed by atoms with Crippen molar-refractivity contribution < 1.29 is 14.8 Å². The van der Waals surface area contributed by atoms with Gasteiger partial charge in [-0.25, -0.2) is 9.78 Å². The number of carboxylic acid groups (broad SMARTS) is 1. The van der Waals surface area contributed by atoms with Crippen molar-refractivity contribution in [2.75, 3.05) is 11.9 Å². The fraction of sp³-hybridized carbons (Fsp3) is 0.231. The van der Waals surface area contributed by atoms with Crippen LogP contribution in [-0.4, -0.2) is 32.1 Å². The molecule has 0 saturated heterocycles. The van der Waals surface area contributed by atoms with Gasteiger partial charge in [-0.05, 0) is 19.1 Å². The molecule has 2 rings (SSSR count). The highest BCUT2D eigenvalue weighted by molar-refractivity contribution is 5.84. The summed E-state index contributed by atoms with van der Waals surface area (Å²) in [7, 11) is 0. The summed E-state index contributed by atoms with van der Waals surface area (Å²) in [5.41, 5.74) is 1.44. The number of carboxylic acids is 1. The third kappa shape index (κ3) is 3.56. The molecule has 0 atom stereocenters. The van der Waals surface area contributed by atoms with Gasteiger partial charge in [-0.2, -0.15) is 0 Å². The van der Waals surface area contributed by atoms with Gasteiger partial charge in [0.25, 0.3) is 5.69 Å². The molecule has 0 fully saturated rings. The van der Waals surface area contributed by atoms with E-state index in [1.54, 1.807) is 23.6 Å². The van der Waals surface area contributed by atoms with E-state index in [2.05, 4.69) is 10.3 Å². The van der Waals surface area contributed by atoms with Gasteiger partial charge in [-0.3, -0.25) is 10.1 Å². The van der Waals surface area contributed by atoms with Crippen molar-refractivity contribution in [2.45, 2.75) is 13.5 Å². The Bertz CT molecular complexity index is 681. The van der Waals surface area contributed by atoms with Crippen molar-refractivity contribution in [3.05, 3.63) is 52.1 Å². The van der Waals surface area contributed by atoms with Crippen molar-refractivity contribution >= 4 is 17.3 Å². The van der Waals surface area contributed by atoms with Crippen LogP contribution in [0.4, 0.5) is 11.4 Å². The minimum atomic E-state index is -1.06.